The van der Waals surface area contributed by atoms with Crippen molar-refractivity contribution >= 4 is 63.6 Å². The van der Waals surface area contributed by atoms with E-state index in [-0.39, 0.29) is 11.9 Å². The third-order valence-corrected chi connectivity index (χ3v) is 5.36. The minimum Gasteiger partial charge on any atom is -0.495 e. The molecular formula is C14H14Cl2IN5O. The van der Waals surface area contributed by atoms with Crippen LogP contribution in [0, 0.1) is 8.98 Å². The summed E-state index contributed by atoms with van der Waals surface area (Å²) in [6.07, 6.45) is 2.45. The zero-order valence-electron chi connectivity index (χ0n) is 12.3. The van der Waals surface area contributed by atoms with E-state index in [1.165, 1.54) is 6.33 Å². The van der Waals surface area contributed by atoms with Gasteiger partial charge in [0.2, 0.25) is 0 Å². The van der Waals surface area contributed by atoms with Crippen molar-refractivity contribution in [2.45, 2.75) is 13.0 Å². The van der Waals surface area contributed by atoms with Gasteiger partial charge >= 0.3 is 0 Å². The molecule has 0 spiro atoms. The number of ether oxygens (including phenoxy) is 1. The lowest BCUT2D eigenvalue weighted by Crippen LogP contribution is -2.13. The summed E-state index contributed by atoms with van der Waals surface area (Å²) in [7, 11) is 1.57. The monoisotopic (exact) mass is 465 g/mol. The molecular weight excluding hydrogens is 452 g/mol. The quantitative estimate of drug-likeness (QED) is 0.350. The second-order valence-corrected chi connectivity index (χ2v) is 6.50. The second-order valence-electron chi connectivity index (χ2n) is 4.64. The van der Waals surface area contributed by atoms with Gasteiger partial charge in [-0.3, -0.25) is 0 Å². The number of aromatic nitrogens is 2. The largest absolute Gasteiger partial charge is 0.495 e. The number of hydrogen-bond donors (Lipinski definition) is 3. The van der Waals surface area contributed by atoms with E-state index in [0.29, 0.717) is 27.2 Å². The Morgan fingerprint density at radius 3 is 2.74 bits per heavy atom. The van der Waals surface area contributed by atoms with E-state index in [9.17, 15) is 0 Å². The Bertz CT molecular complexity index is 756. The van der Waals surface area contributed by atoms with E-state index in [4.69, 9.17) is 39.1 Å². The standard InChI is InChI=1S/C14H14Cl2IN5O/c1-6(22-14-8(4-18)13(19)20-5-21-14)7-3-9(15)10(16)11(17)12(7)23-2/h3-6,18H,1-2H3,(H3,19,20,21,22). The van der Waals surface area contributed by atoms with Crippen LogP contribution in [0.2, 0.25) is 10.0 Å². The molecule has 1 aromatic carbocycles. The molecule has 2 rings (SSSR count). The van der Waals surface area contributed by atoms with Gasteiger partial charge in [0.1, 0.15) is 23.7 Å². The van der Waals surface area contributed by atoms with Crippen LogP contribution in [-0.2, 0) is 0 Å². The summed E-state index contributed by atoms with van der Waals surface area (Å²) in [6, 6.07) is 1.54. The Kier molecular flexibility index (Phi) is 5.88. The Morgan fingerprint density at radius 2 is 2.13 bits per heavy atom. The molecule has 1 aromatic heterocycles. The molecule has 23 heavy (non-hydrogen) atoms. The Morgan fingerprint density at radius 1 is 1.43 bits per heavy atom. The lowest BCUT2D eigenvalue weighted by molar-refractivity contribution is 0.405. The second kappa shape index (κ2) is 7.50. The number of rotatable bonds is 5. The molecule has 0 aliphatic heterocycles. The fraction of sp³-hybridized carbons (Fsp3) is 0.214. The Balaban J connectivity index is 2.44. The maximum atomic E-state index is 7.46. The molecule has 0 bridgehead atoms. The SMILES string of the molecule is COc1c(C(C)Nc2ncnc(N)c2C=N)cc(Cl)c(Cl)c1I. The van der Waals surface area contributed by atoms with Gasteiger partial charge in [-0.1, -0.05) is 23.2 Å². The molecule has 0 radical (unpaired) electrons. The molecule has 0 amide bonds. The van der Waals surface area contributed by atoms with E-state index in [1.807, 2.05) is 6.92 Å². The minimum absolute atomic E-state index is 0.207. The molecule has 1 atom stereocenters. The van der Waals surface area contributed by atoms with Crippen molar-refractivity contribution in [1.29, 1.82) is 5.41 Å². The van der Waals surface area contributed by atoms with Gasteiger partial charge in [-0.2, -0.15) is 0 Å². The summed E-state index contributed by atoms with van der Waals surface area (Å²) in [4.78, 5) is 8.01. The summed E-state index contributed by atoms with van der Waals surface area (Å²) < 4.78 is 6.19. The molecule has 1 unspecified atom stereocenters. The van der Waals surface area contributed by atoms with Crippen LogP contribution in [0.5, 0.6) is 5.75 Å². The first-order valence-electron chi connectivity index (χ1n) is 6.49. The normalized spacial score (nSPS) is 11.9. The highest BCUT2D eigenvalue weighted by Crippen LogP contribution is 2.40. The van der Waals surface area contributed by atoms with Crippen molar-refractivity contribution in [3.05, 3.63) is 37.1 Å². The van der Waals surface area contributed by atoms with Gasteiger partial charge in [-0.25, -0.2) is 9.97 Å². The van der Waals surface area contributed by atoms with E-state index < -0.39 is 0 Å². The number of nitrogens with one attached hydrogen (secondary N) is 2. The number of nitrogen functional groups attached to an aromatic ring is 1. The maximum absolute atomic E-state index is 7.46. The number of methoxy groups -OCH3 is 1. The highest BCUT2D eigenvalue weighted by Gasteiger charge is 2.20. The Hall–Kier alpha value is -1.32. The van der Waals surface area contributed by atoms with Crippen molar-refractivity contribution in [2.75, 3.05) is 18.2 Å². The van der Waals surface area contributed by atoms with Crippen LogP contribution >= 0.6 is 45.8 Å². The third kappa shape index (κ3) is 3.61. The predicted octanol–water partition coefficient (Wildman–Crippen LogP) is 4.15. The molecule has 2 aromatic rings. The van der Waals surface area contributed by atoms with Gasteiger partial charge in [0.25, 0.3) is 0 Å². The smallest absolute Gasteiger partial charge is 0.140 e. The van der Waals surface area contributed by atoms with E-state index in [0.717, 1.165) is 15.3 Å². The highest BCUT2D eigenvalue weighted by molar-refractivity contribution is 14.1. The van der Waals surface area contributed by atoms with Gasteiger partial charge in [0.15, 0.2) is 0 Å². The van der Waals surface area contributed by atoms with Crippen LogP contribution in [0.25, 0.3) is 0 Å². The van der Waals surface area contributed by atoms with Gasteiger partial charge < -0.3 is 21.2 Å². The zero-order chi connectivity index (χ0) is 17.1. The molecule has 9 heteroatoms. The van der Waals surface area contributed by atoms with E-state index >= 15 is 0 Å². The van der Waals surface area contributed by atoms with Crippen LogP contribution in [0.4, 0.5) is 11.6 Å². The van der Waals surface area contributed by atoms with Crippen molar-refractivity contribution < 1.29 is 4.74 Å². The van der Waals surface area contributed by atoms with E-state index in [2.05, 4.69) is 37.9 Å². The van der Waals surface area contributed by atoms with Crippen LogP contribution in [0.1, 0.15) is 24.1 Å². The van der Waals surface area contributed by atoms with Crippen molar-refractivity contribution in [3.63, 3.8) is 0 Å². The average Bonchev–Trinajstić information content (AvgIpc) is 2.52. The molecule has 0 saturated carbocycles. The number of nitrogens with zero attached hydrogens (tertiary/aromatic N) is 2. The van der Waals surface area contributed by atoms with Crippen molar-refractivity contribution in [1.82, 2.24) is 9.97 Å². The summed E-state index contributed by atoms with van der Waals surface area (Å²) in [6.45, 7) is 1.92. The van der Waals surface area contributed by atoms with Crippen LogP contribution in [0.3, 0.4) is 0 Å². The predicted molar refractivity (Wildman–Crippen MR) is 102 cm³/mol. The number of benzene rings is 1. The van der Waals surface area contributed by atoms with Gasteiger partial charge in [0.05, 0.1) is 32.3 Å². The number of nitrogens with two attached hydrogens (primary N) is 1. The van der Waals surface area contributed by atoms with Crippen LogP contribution < -0.4 is 15.8 Å². The van der Waals surface area contributed by atoms with Gasteiger partial charge in [-0.15, -0.1) is 0 Å². The molecule has 0 fully saturated rings. The Labute approximate surface area is 157 Å². The van der Waals surface area contributed by atoms with Crippen LogP contribution in [0.15, 0.2) is 12.4 Å². The first-order valence-corrected chi connectivity index (χ1v) is 8.33. The summed E-state index contributed by atoms with van der Waals surface area (Å²) >= 11 is 14.4. The molecule has 0 aliphatic carbocycles. The molecule has 122 valence electrons. The summed E-state index contributed by atoms with van der Waals surface area (Å²) in [5.74, 6) is 1.34. The topological polar surface area (TPSA) is 96.9 Å². The first kappa shape index (κ1) is 18.0. The maximum Gasteiger partial charge on any atom is 0.140 e. The number of hydrogen-bond acceptors (Lipinski definition) is 6. The fourth-order valence-electron chi connectivity index (χ4n) is 2.08. The lowest BCUT2D eigenvalue weighted by Gasteiger charge is -2.21. The number of anilines is 2. The third-order valence-electron chi connectivity index (χ3n) is 3.23. The molecule has 6 nitrogen and oxygen atoms in total. The zero-order valence-corrected chi connectivity index (χ0v) is 16.0. The molecule has 0 aliphatic rings. The lowest BCUT2D eigenvalue weighted by atomic mass is 10.1. The highest BCUT2D eigenvalue weighted by atomic mass is 127. The van der Waals surface area contributed by atoms with Gasteiger partial charge in [-0.05, 0) is 35.6 Å². The summed E-state index contributed by atoms with van der Waals surface area (Å²) in [5.41, 5.74) is 7.01. The van der Waals surface area contributed by atoms with Gasteiger partial charge in [0, 0.05) is 11.8 Å². The minimum atomic E-state index is -0.207. The molecule has 4 N–H and O–H groups in total. The van der Waals surface area contributed by atoms with Crippen molar-refractivity contribution in [3.8, 4) is 5.75 Å². The fourth-order valence-corrected chi connectivity index (χ4v) is 3.41. The van der Waals surface area contributed by atoms with E-state index in [1.54, 1.807) is 13.2 Å². The first-order chi connectivity index (χ1) is 10.9. The molecule has 1 heterocycles. The molecule has 0 saturated heterocycles. The van der Waals surface area contributed by atoms with Crippen molar-refractivity contribution in [2.24, 2.45) is 0 Å². The van der Waals surface area contributed by atoms with Crippen LogP contribution in [-0.4, -0.2) is 23.3 Å². The number of halogens is 3. The summed E-state index contributed by atoms with van der Waals surface area (Å²) in [5, 5.41) is 11.5. The average molecular weight is 466 g/mol.